The topological polar surface area (TPSA) is 64.3 Å². The fourth-order valence-corrected chi connectivity index (χ4v) is 2.58. The van der Waals surface area contributed by atoms with Crippen LogP contribution in [0.5, 0.6) is 5.75 Å². The maximum atomic E-state index is 12.3. The minimum absolute atomic E-state index is 0.0895. The van der Waals surface area contributed by atoms with Gasteiger partial charge in [0.25, 0.3) is 0 Å². The zero-order chi connectivity index (χ0) is 16.8. The van der Waals surface area contributed by atoms with Crippen molar-refractivity contribution >= 4 is 17.5 Å². The molecule has 0 heterocycles. The molecule has 3 N–H and O–H groups in total. The lowest BCUT2D eigenvalue weighted by atomic mass is 9.94. The van der Waals surface area contributed by atoms with Crippen LogP contribution in [0.25, 0.3) is 0 Å². The second kappa shape index (κ2) is 7.99. The van der Waals surface area contributed by atoms with Gasteiger partial charge in [-0.2, -0.15) is 0 Å². The number of benzene rings is 2. The highest BCUT2D eigenvalue weighted by atomic mass is 35.5. The molecule has 1 amide bonds. The van der Waals surface area contributed by atoms with E-state index in [0.29, 0.717) is 17.3 Å². The van der Waals surface area contributed by atoms with Gasteiger partial charge < -0.3 is 15.8 Å². The van der Waals surface area contributed by atoms with Crippen LogP contribution in [0.2, 0.25) is 5.02 Å². The summed E-state index contributed by atoms with van der Waals surface area (Å²) in [6, 6.07) is 14.7. The normalized spacial score (nSPS) is 13.2. The highest BCUT2D eigenvalue weighted by Crippen LogP contribution is 2.25. The molecule has 0 aliphatic carbocycles. The minimum Gasteiger partial charge on any atom is -0.495 e. The van der Waals surface area contributed by atoms with Crippen molar-refractivity contribution in [3.8, 4) is 5.75 Å². The van der Waals surface area contributed by atoms with E-state index in [0.717, 1.165) is 11.1 Å². The van der Waals surface area contributed by atoms with E-state index in [2.05, 4.69) is 5.32 Å². The Labute approximate surface area is 141 Å². The van der Waals surface area contributed by atoms with Gasteiger partial charge in [0.15, 0.2) is 0 Å². The number of methoxy groups -OCH3 is 1. The number of carbonyl (C=O) groups is 1. The monoisotopic (exact) mass is 332 g/mol. The molecule has 0 saturated heterocycles. The van der Waals surface area contributed by atoms with Crippen molar-refractivity contribution in [1.82, 2.24) is 5.32 Å². The van der Waals surface area contributed by atoms with Crippen LogP contribution < -0.4 is 15.8 Å². The van der Waals surface area contributed by atoms with Crippen molar-refractivity contribution < 1.29 is 9.53 Å². The number of carbonyl (C=O) groups excluding carboxylic acids is 1. The Hall–Kier alpha value is -2.04. The average Bonchev–Trinajstić information content (AvgIpc) is 2.59. The number of rotatable bonds is 6. The zero-order valence-electron chi connectivity index (χ0n) is 13.3. The summed E-state index contributed by atoms with van der Waals surface area (Å²) in [4.78, 5) is 12.3. The van der Waals surface area contributed by atoms with Gasteiger partial charge in [-0.3, -0.25) is 4.79 Å². The quantitative estimate of drug-likeness (QED) is 0.853. The van der Waals surface area contributed by atoms with Gasteiger partial charge in [-0.05, 0) is 23.3 Å². The number of nitrogens with two attached hydrogens (primary N) is 1. The van der Waals surface area contributed by atoms with Gasteiger partial charge in [-0.1, -0.05) is 54.9 Å². The van der Waals surface area contributed by atoms with Crippen LogP contribution in [0.4, 0.5) is 0 Å². The van der Waals surface area contributed by atoms with Gasteiger partial charge in [-0.15, -0.1) is 0 Å². The maximum absolute atomic E-state index is 12.3. The first kappa shape index (κ1) is 17.3. The predicted molar refractivity (Wildman–Crippen MR) is 92.4 cm³/mol. The predicted octanol–water partition coefficient (Wildman–Crippen LogP) is 3.30. The van der Waals surface area contributed by atoms with Gasteiger partial charge in [-0.25, -0.2) is 0 Å². The second-order valence-electron chi connectivity index (χ2n) is 5.41. The van der Waals surface area contributed by atoms with Crippen LogP contribution in [0.15, 0.2) is 48.5 Å². The molecule has 2 aromatic carbocycles. The molecule has 0 saturated carbocycles. The van der Waals surface area contributed by atoms with E-state index in [1.165, 1.54) is 0 Å². The Kier molecular flexibility index (Phi) is 6.02. The van der Waals surface area contributed by atoms with E-state index in [1.54, 1.807) is 19.2 Å². The van der Waals surface area contributed by atoms with Gasteiger partial charge in [0.2, 0.25) is 5.91 Å². The van der Waals surface area contributed by atoms with E-state index >= 15 is 0 Å². The molecular weight excluding hydrogens is 312 g/mol. The van der Waals surface area contributed by atoms with Gasteiger partial charge >= 0.3 is 0 Å². The number of hydrogen-bond acceptors (Lipinski definition) is 3. The largest absolute Gasteiger partial charge is 0.495 e. The van der Waals surface area contributed by atoms with Crippen molar-refractivity contribution in [3.63, 3.8) is 0 Å². The van der Waals surface area contributed by atoms with Crippen molar-refractivity contribution in [2.45, 2.75) is 19.5 Å². The van der Waals surface area contributed by atoms with Crippen molar-refractivity contribution in [2.24, 2.45) is 11.7 Å². The van der Waals surface area contributed by atoms with E-state index in [4.69, 9.17) is 22.1 Å². The summed E-state index contributed by atoms with van der Waals surface area (Å²) in [5.41, 5.74) is 8.03. The fraction of sp³-hybridized carbons (Fsp3) is 0.278. The SMILES string of the molecule is COc1ccc(CNC(=O)C(C)C(N)c2ccccc2)cc1Cl. The average molecular weight is 333 g/mol. The van der Waals surface area contributed by atoms with Crippen LogP contribution in [0.3, 0.4) is 0 Å². The van der Waals surface area contributed by atoms with Crippen LogP contribution in [0.1, 0.15) is 24.1 Å². The molecular formula is C18H21ClN2O2. The molecule has 0 aliphatic heterocycles. The van der Waals surface area contributed by atoms with Crippen molar-refractivity contribution in [3.05, 3.63) is 64.7 Å². The first-order chi connectivity index (χ1) is 11.0. The lowest BCUT2D eigenvalue weighted by molar-refractivity contribution is -0.125. The molecule has 0 bridgehead atoms. The molecule has 4 nitrogen and oxygen atoms in total. The molecule has 2 aromatic rings. The minimum atomic E-state index is -0.337. The summed E-state index contributed by atoms with van der Waals surface area (Å²) in [5, 5.41) is 3.42. The van der Waals surface area contributed by atoms with Crippen LogP contribution in [0, 0.1) is 5.92 Å². The maximum Gasteiger partial charge on any atom is 0.225 e. The first-order valence-corrected chi connectivity index (χ1v) is 7.81. The number of nitrogens with one attached hydrogen (secondary N) is 1. The Bertz CT molecular complexity index is 661. The third kappa shape index (κ3) is 4.47. The molecule has 0 radical (unpaired) electrons. The van der Waals surface area contributed by atoms with Crippen molar-refractivity contribution in [2.75, 3.05) is 7.11 Å². The lowest BCUT2D eigenvalue weighted by Crippen LogP contribution is -2.35. The molecule has 2 unspecified atom stereocenters. The number of hydrogen-bond donors (Lipinski definition) is 2. The summed E-state index contributed by atoms with van der Waals surface area (Å²) in [7, 11) is 1.56. The Morgan fingerprint density at radius 3 is 2.57 bits per heavy atom. The number of ether oxygens (including phenoxy) is 1. The van der Waals surface area contributed by atoms with Crippen molar-refractivity contribution in [1.29, 1.82) is 0 Å². The van der Waals surface area contributed by atoms with Gasteiger partial charge in [0, 0.05) is 12.6 Å². The molecule has 2 atom stereocenters. The molecule has 23 heavy (non-hydrogen) atoms. The molecule has 0 spiro atoms. The summed E-state index contributed by atoms with van der Waals surface area (Å²) in [5.74, 6) is 0.195. The molecule has 0 aliphatic rings. The molecule has 5 heteroatoms. The van der Waals surface area contributed by atoms with Gasteiger partial charge in [0.1, 0.15) is 5.75 Å². The van der Waals surface area contributed by atoms with E-state index in [-0.39, 0.29) is 17.9 Å². The lowest BCUT2D eigenvalue weighted by Gasteiger charge is -2.20. The third-order valence-electron chi connectivity index (χ3n) is 3.82. The third-order valence-corrected chi connectivity index (χ3v) is 4.12. The zero-order valence-corrected chi connectivity index (χ0v) is 14.0. The Balaban J connectivity index is 1.95. The van der Waals surface area contributed by atoms with Crippen LogP contribution in [-0.4, -0.2) is 13.0 Å². The van der Waals surface area contributed by atoms with Crippen LogP contribution in [-0.2, 0) is 11.3 Å². The molecule has 0 fully saturated rings. The summed E-state index contributed by atoms with van der Waals surface area (Å²) in [6.07, 6.45) is 0. The highest BCUT2D eigenvalue weighted by Gasteiger charge is 2.21. The molecule has 0 aromatic heterocycles. The Morgan fingerprint density at radius 2 is 1.96 bits per heavy atom. The smallest absolute Gasteiger partial charge is 0.225 e. The first-order valence-electron chi connectivity index (χ1n) is 7.43. The summed E-state index contributed by atoms with van der Waals surface area (Å²) >= 11 is 6.08. The standard InChI is InChI=1S/C18H21ClN2O2/c1-12(17(20)14-6-4-3-5-7-14)18(22)21-11-13-8-9-16(23-2)15(19)10-13/h3-10,12,17H,11,20H2,1-2H3,(H,21,22). The van der Waals surface area contributed by atoms with E-state index in [9.17, 15) is 4.79 Å². The van der Waals surface area contributed by atoms with E-state index < -0.39 is 0 Å². The van der Waals surface area contributed by atoms with E-state index in [1.807, 2.05) is 43.3 Å². The number of amides is 1. The van der Waals surface area contributed by atoms with Gasteiger partial charge in [0.05, 0.1) is 18.1 Å². The molecule has 2 rings (SSSR count). The summed E-state index contributed by atoms with van der Waals surface area (Å²) in [6.45, 7) is 2.22. The number of halogens is 1. The highest BCUT2D eigenvalue weighted by molar-refractivity contribution is 6.32. The summed E-state index contributed by atoms with van der Waals surface area (Å²) < 4.78 is 5.11. The Morgan fingerprint density at radius 1 is 1.26 bits per heavy atom. The molecule has 122 valence electrons. The fourth-order valence-electron chi connectivity index (χ4n) is 2.30. The second-order valence-corrected chi connectivity index (χ2v) is 5.82. The van der Waals surface area contributed by atoms with Crippen LogP contribution >= 0.6 is 11.6 Å².